The minimum absolute atomic E-state index is 0. The fraction of sp³-hybridized carbons (Fsp3) is 0.250. The molecule has 2 heterocycles. The van der Waals surface area contributed by atoms with Crippen molar-refractivity contribution in [2.24, 2.45) is 11.7 Å². The molecule has 0 aliphatic carbocycles. The van der Waals surface area contributed by atoms with Crippen LogP contribution >= 0.6 is 36.2 Å². The van der Waals surface area contributed by atoms with Gasteiger partial charge in [-0.3, -0.25) is 4.79 Å². The van der Waals surface area contributed by atoms with E-state index in [4.69, 9.17) is 10.2 Å². The normalized spacial score (nSPS) is 11.4. The zero-order valence-corrected chi connectivity index (χ0v) is 15.5. The predicted octanol–water partition coefficient (Wildman–Crippen LogP) is 3.72. The van der Waals surface area contributed by atoms with Crippen molar-refractivity contribution in [3.05, 3.63) is 42.2 Å². The molecule has 0 radical (unpaired) electrons. The molecule has 0 spiro atoms. The molecular weight excluding hydrogens is 369 g/mol. The van der Waals surface area contributed by atoms with E-state index < -0.39 is 0 Å². The number of carbonyl (C=O) groups excluding carboxylic acids is 1. The number of carbonyl (C=O) groups is 1. The number of fused-ring (bicyclic) bond motifs is 1. The van der Waals surface area contributed by atoms with Crippen LogP contribution in [0.2, 0.25) is 0 Å². The van der Waals surface area contributed by atoms with Gasteiger partial charge in [0.2, 0.25) is 0 Å². The van der Waals surface area contributed by atoms with E-state index >= 15 is 0 Å². The van der Waals surface area contributed by atoms with Gasteiger partial charge in [-0.1, -0.05) is 19.1 Å². The summed E-state index contributed by atoms with van der Waals surface area (Å²) in [5, 5.41) is 3.59. The van der Waals surface area contributed by atoms with Crippen LogP contribution in [-0.4, -0.2) is 24.0 Å². The molecule has 3 rings (SSSR count). The summed E-state index contributed by atoms with van der Waals surface area (Å²) in [5.41, 5.74) is 6.46. The Kier molecular flexibility index (Phi) is 7.69. The second-order valence-corrected chi connectivity index (χ2v) is 6.23. The van der Waals surface area contributed by atoms with E-state index in [2.05, 4.69) is 10.3 Å². The highest BCUT2D eigenvalue weighted by Crippen LogP contribution is 2.31. The molecule has 1 unspecified atom stereocenters. The lowest BCUT2D eigenvalue weighted by atomic mass is 10.2. The highest BCUT2D eigenvalue weighted by Gasteiger charge is 2.15. The molecule has 3 aromatic rings. The number of para-hydroxylation sites is 1. The van der Waals surface area contributed by atoms with Crippen LogP contribution < -0.4 is 11.1 Å². The summed E-state index contributed by atoms with van der Waals surface area (Å²) in [6, 6.07) is 11.3. The quantitative estimate of drug-likeness (QED) is 0.698. The highest BCUT2D eigenvalue weighted by atomic mass is 35.5. The van der Waals surface area contributed by atoms with Gasteiger partial charge in [-0.15, -0.1) is 36.2 Å². The van der Waals surface area contributed by atoms with Gasteiger partial charge in [-0.2, -0.15) is 0 Å². The summed E-state index contributed by atoms with van der Waals surface area (Å²) in [7, 11) is 0. The van der Waals surface area contributed by atoms with Crippen molar-refractivity contribution in [2.75, 3.05) is 13.1 Å². The Morgan fingerprint density at radius 3 is 2.75 bits per heavy atom. The van der Waals surface area contributed by atoms with Gasteiger partial charge in [0.25, 0.3) is 5.91 Å². The smallest absolute Gasteiger partial charge is 0.287 e. The van der Waals surface area contributed by atoms with Gasteiger partial charge in [0, 0.05) is 6.54 Å². The minimum atomic E-state index is -0.229. The topological polar surface area (TPSA) is 81.1 Å². The maximum atomic E-state index is 12.0. The van der Waals surface area contributed by atoms with Gasteiger partial charge < -0.3 is 15.5 Å². The molecule has 2 aromatic heterocycles. The number of nitrogens with one attached hydrogen (secondary N) is 1. The molecule has 1 amide bonds. The zero-order valence-electron chi connectivity index (χ0n) is 13.0. The second kappa shape index (κ2) is 9.03. The molecule has 1 atom stereocenters. The molecule has 8 heteroatoms. The molecule has 3 N–H and O–H groups in total. The van der Waals surface area contributed by atoms with Crippen molar-refractivity contribution < 1.29 is 9.21 Å². The van der Waals surface area contributed by atoms with Crippen LogP contribution in [0.25, 0.3) is 21.0 Å². The van der Waals surface area contributed by atoms with Crippen LogP contribution in [-0.2, 0) is 0 Å². The van der Waals surface area contributed by atoms with Gasteiger partial charge in [-0.25, -0.2) is 4.98 Å². The summed E-state index contributed by atoms with van der Waals surface area (Å²) in [4.78, 5) is 16.5. The van der Waals surface area contributed by atoms with Gasteiger partial charge >= 0.3 is 0 Å². The molecule has 130 valence electrons. The number of benzene rings is 1. The van der Waals surface area contributed by atoms with Crippen molar-refractivity contribution in [2.45, 2.75) is 6.92 Å². The Morgan fingerprint density at radius 2 is 2.04 bits per heavy atom. The lowest BCUT2D eigenvalue weighted by molar-refractivity contribution is 0.0921. The lowest BCUT2D eigenvalue weighted by Crippen LogP contribution is -2.30. The SMILES string of the molecule is CC(CN)CNC(=O)c1ccc(-c2nc3ccccc3s2)o1.Cl.Cl. The highest BCUT2D eigenvalue weighted by molar-refractivity contribution is 7.21. The number of halogens is 2. The van der Waals surface area contributed by atoms with Crippen LogP contribution in [0.3, 0.4) is 0 Å². The first kappa shape index (κ1) is 20.4. The van der Waals surface area contributed by atoms with Crippen LogP contribution in [0.15, 0.2) is 40.8 Å². The number of nitrogens with zero attached hydrogens (tertiary/aromatic N) is 1. The van der Waals surface area contributed by atoms with Crippen LogP contribution in [0.1, 0.15) is 17.5 Å². The van der Waals surface area contributed by atoms with Gasteiger partial charge in [0.05, 0.1) is 10.2 Å². The number of aromatic nitrogens is 1. The average Bonchev–Trinajstić information content (AvgIpc) is 3.18. The summed E-state index contributed by atoms with van der Waals surface area (Å²) < 4.78 is 6.73. The first-order valence-electron chi connectivity index (χ1n) is 7.11. The maximum absolute atomic E-state index is 12.0. The molecule has 0 saturated carbocycles. The number of thiazole rings is 1. The lowest BCUT2D eigenvalue weighted by Gasteiger charge is -2.08. The standard InChI is InChI=1S/C16H17N3O2S.2ClH/c1-10(8-17)9-18-15(20)12-6-7-13(21-12)16-19-11-4-2-3-5-14(11)22-16;;/h2-7,10H,8-9,17H2,1H3,(H,18,20);2*1H. The summed E-state index contributed by atoms with van der Waals surface area (Å²) in [6.07, 6.45) is 0. The second-order valence-electron chi connectivity index (χ2n) is 5.20. The van der Waals surface area contributed by atoms with E-state index in [1.165, 1.54) is 0 Å². The number of hydrogen-bond acceptors (Lipinski definition) is 5. The number of furan rings is 1. The fourth-order valence-electron chi connectivity index (χ4n) is 1.99. The third kappa shape index (κ3) is 4.48. The van der Waals surface area contributed by atoms with Crippen LogP contribution in [0.4, 0.5) is 0 Å². The molecule has 0 fully saturated rings. The Bertz CT molecular complexity index is 770. The maximum Gasteiger partial charge on any atom is 0.287 e. The Balaban J connectivity index is 0.00000144. The Morgan fingerprint density at radius 1 is 1.29 bits per heavy atom. The molecule has 5 nitrogen and oxygen atoms in total. The van der Waals surface area contributed by atoms with Gasteiger partial charge in [-0.05, 0) is 36.7 Å². The molecule has 0 bridgehead atoms. The third-order valence-corrected chi connectivity index (χ3v) is 4.40. The first-order valence-corrected chi connectivity index (χ1v) is 7.93. The largest absolute Gasteiger partial charge is 0.448 e. The fourth-order valence-corrected chi connectivity index (χ4v) is 2.92. The molecule has 24 heavy (non-hydrogen) atoms. The van der Waals surface area contributed by atoms with Crippen molar-refractivity contribution in [3.8, 4) is 10.8 Å². The van der Waals surface area contributed by atoms with E-state index in [0.29, 0.717) is 24.6 Å². The van der Waals surface area contributed by atoms with E-state index in [-0.39, 0.29) is 36.6 Å². The van der Waals surface area contributed by atoms with E-state index in [1.807, 2.05) is 31.2 Å². The first-order chi connectivity index (χ1) is 10.7. The zero-order chi connectivity index (χ0) is 15.5. The monoisotopic (exact) mass is 387 g/mol. The molecule has 0 aliphatic rings. The van der Waals surface area contributed by atoms with Gasteiger partial charge in [0.15, 0.2) is 16.5 Å². The van der Waals surface area contributed by atoms with Crippen molar-refractivity contribution in [3.63, 3.8) is 0 Å². The number of hydrogen-bond donors (Lipinski definition) is 2. The van der Waals surface area contributed by atoms with Crippen molar-refractivity contribution in [1.29, 1.82) is 0 Å². The summed E-state index contributed by atoms with van der Waals surface area (Å²) in [5.74, 6) is 0.909. The van der Waals surface area contributed by atoms with Crippen molar-refractivity contribution in [1.82, 2.24) is 10.3 Å². The predicted molar refractivity (Wildman–Crippen MR) is 102 cm³/mol. The molecule has 0 saturated heterocycles. The summed E-state index contributed by atoms with van der Waals surface area (Å²) >= 11 is 1.54. The number of nitrogens with two attached hydrogens (primary N) is 1. The molecule has 1 aromatic carbocycles. The van der Waals surface area contributed by atoms with E-state index in [0.717, 1.165) is 15.2 Å². The van der Waals surface area contributed by atoms with Gasteiger partial charge in [0.1, 0.15) is 0 Å². The number of rotatable bonds is 5. The number of amides is 1. The summed E-state index contributed by atoms with van der Waals surface area (Å²) in [6.45, 7) is 3.05. The van der Waals surface area contributed by atoms with Crippen molar-refractivity contribution >= 4 is 52.3 Å². The molecule has 0 aliphatic heterocycles. The Hall–Kier alpha value is -1.60. The Labute approximate surface area is 156 Å². The molecular formula is C16H19Cl2N3O2S. The van der Waals surface area contributed by atoms with Crippen LogP contribution in [0, 0.1) is 5.92 Å². The average molecular weight is 388 g/mol. The van der Waals surface area contributed by atoms with Crippen LogP contribution in [0.5, 0.6) is 0 Å². The van der Waals surface area contributed by atoms with E-state index in [9.17, 15) is 4.79 Å². The minimum Gasteiger partial charge on any atom is -0.448 e. The van der Waals surface area contributed by atoms with E-state index in [1.54, 1.807) is 23.5 Å². The third-order valence-electron chi connectivity index (χ3n) is 3.35.